The second kappa shape index (κ2) is 7.82. The van der Waals surface area contributed by atoms with Crippen molar-refractivity contribution in [2.75, 3.05) is 7.05 Å². The standard InChI is InChI=1S/C22H18F3N5O/c1-14-4-3-5-17(28-14)12-29(2)21(31)18-13-30-19(10-27-20(30)11-26-18)15-6-8-16(9-7-15)22(23,24)25/h3-11,13H,12H2,1-2H3. The van der Waals surface area contributed by atoms with E-state index in [4.69, 9.17) is 0 Å². The van der Waals surface area contributed by atoms with Gasteiger partial charge in [0.15, 0.2) is 5.65 Å². The van der Waals surface area contributed by atoms with Crippen LogP contribution in [0.15, 0.2) is 61.1 Å². The highest BCUT2D eigenvalue weighted by Crippen LogP contribution is 2.31. The van der Waals surface area contributed by atoms with E-state index in [0.29, 0.717) is 23.4 Å². The van der Waals surface area contributed by atoms with Crippen molar-refractivity contribution in [2.24, 2.45) is 0 Å². The fourth-order valence-electron chi connectivity index (χ4n) is 3.24. The van der Waals surface area contributed by atoms with Gasteiger partial charge < -0.3 is 4.90 Å². The number of aromatic nitrogens is 4. The average molecular weight is 425 g/mol. The summed E-state index contributed by atoms with van der Waals surface area (Å²) in [5, 5.41) is 0. The second-order valence-corrected chi connectivity index (χ2v) is 7.15. The molecule has 1 aromatic carbocycles. The number of imidazole rings is 1. The number of rotatable bonds is 4. The van der Waals surface area contributed by atoms with Gasteiger partial charge in [-0.05, 0) is 31.2 Å². The van der Waals surface area contributed by atoms with Crippen LogP contribution >= 0.6 is 0 Å². The maximum absolute atomic E-state index is 12.9. The third-order valence-corrected chi connectivity index (χ3v) is 4.81. The minimum absolute atomic E-state index is 0.189. The Labute approximate surface area is 176 Å². The van der Waals surface area contributed by atoms with Gasteiger partial charge in [0.05, 0.1) is 35.9 Å². The van der Waals surface area contributed by atoms with E-state index in [9.17, 15) is 18.0 Å². The van der Waals surface area contributed by atoms with Gasteiger partial charge in [-0.3, -0.25) is 14.2 Å². The zero-order valence-corrected chi connectivity index (χ0v) is 16.8. The number of hydrogen-bond acceptors (Lipinski definition) is 4. The van der Waals surface area contributed by atoms with Crippen molar-refractivity contribution in [1.29, 1.82) is 0 Å². The number of alkyl halides is 3. The van der Waals surface area contributed by atoms with Crippen LogP contribution in [0.25, 0.3) is 16.9 Å². The first kappa shape index (κ1) is 20.5. The third-order valence-electron chi connectivity index (χ3n) is 4.81. The zero-order chi connectivity index (χ0) is 22.2. The molecule has 4 aromatic rings. The van der Waals surface area contributed by atoms with Gasteiger partial charge in [0.25, 0.3) is 5.91 Å². The number of carbonyl (C=O) groups excluding carboxylic acids is 1. The highest BCUT2D eigenvalue weighted by atomic mass is 19.4. The van der Waals surface area contributed by atoms with Gasteiger partial charge in [-0.15, -0.1) is 0 Å². The van der Waals surface area contributed by atoms with Gasteiger partial charge in [-0.2, -0.15) is 13.2 Å². The highest BCUT2D eigenvalue weighted by molar-refractivity contribution is 5.92. The maximum Gasteiger partial charge on any atom is 0.416 e. The van der Waals surface area contributed by atoms with E-state index in [1.54, 1.807) is 11.4 Å². The molecule has 0 aliphatic rings. The SMILES string of the molecule is Cc1cccc(CN(C)C(=O)c2cn3c(-c4ccc(C(F)(F)F)cc4)cnc3cn2)n1. The molecule has 31 heavy (non-hydrogen) atoms. The molecular weight excluding hydrogens is 407 g/mol. The number of hydrogen-bond donors (Lipinski definition) is 0. The van der Waals surface area contributed by atoms with E-state index in [1.165, 1.54) is 35.6 Å². The van der Waals surface area contributed by atoms with E-state index in [2.05, 4.69) is 15.0 Å². The Morgan fingerprint density at radius 3 is 2.48 bits per heavy atom. The fraction of sp³-hybridized carbons (Fsp3) is 0.182. The smallest absolute Gasteiger partial charge is 0.334 e. The summed E-state index contributed by atoms with van der Waals surface area (Å²) in [4.78, 5) is 27.2. The summed E-state index contributed by atoms with van der Waals surface area (Å²) in [5.41, 5.74) is 2.66. The number of benzene rings is 1. The number of amides is 1. The summed E-state index contributed by atoms with van der Waals surface area (Å²) in [6, 6.07) is 10.4. The highest BCUT2D eigenvalue weighted by Gasteiger charge is 2.30. The summed E-state index contributed by atoms with van der Waals surface area (Å²) in [6.45, 7) is 2.19. The minimum Gasteiger partial charge on any atom is -0.334 e. The lowest BCUT2D eigenvalue weighted by atomic mass is 10.1. The van der Waals surface area contributed by atoms with Crippen molar-refractivity contribution >= 4 is 11.6 Å². The molecule has 0 radical (unpaired) electrons. The quantitative estimate of drug-likeness (QED) is 0.487. The third kappa shape index (κ3) is 4.25. The monoisotopic (exact) mass is 425 g/mol. The number of pyridine rings is 1. The lowest BCUT2D eigenvalue weighted by Gasteiger charge is -2.16. The van der Waals surface area contributed by atoms with Gasteiger partial charge in [-0.25, -0.2) is 9.97 Å². The lowest BCUT2D eigenvalue weighted by Crippen LogP contribution is -2.27. The molecule has 0 saturated carbocycles. The van der Waals surface area contributed by atoms with E-state index in [-0.39, 0.29) is 11.6 Å². The summed E-state index contributed by atoms with van der Waals surface area (Å²) in [6.07, 6.45) is 0.129. The molecule has 1 amide bonds. The molecular formula is C22H18F3N5O. The Hall–Kier alpha value is -3.75. The summed E-state index contributed by atoms with van der Waals surface area (Å²) in [5.74, 6) is -0.308. The van der Waals surface area contributed by atoms with Gasteiger partial charge in [-0.1, -0.05) is 18.2 Å². The van der Waals surface area contributed by atoms with Crippen molar-refractivity contribution in [3.8, 4) is 11.3 Å². The molecule has 158 valence electrons. The van der Waals surface area contributed by atoms with Crippen LogP contribution in [0.2, 0.25) is 0 Å². The second-order valence-electron chi connectivity index (χ2n) is 7.15. The van der Waals surface area contributed by atoms with Crippen LogP contribution in [0, 0.1) is 6.92 Å². The van der Waals surface area contributed by atoms with E-state index in [1.807, 2.05) is 25.1 Å². The zero-order valence-electron chi connectivity index (χ0n) is 16.8. The summed E-state index contributed by atoms with van der Waals surface area (Å²) in [7, 11) is 1.66. The van der Waals surface area contributed by atoms with Crippen LogP contribution in [0.1, 0.15) is 27.4 Å². The van der Waals surface area contributed by atoms with Crippen molar-refractivity contribution in [1.82, 2.24) is 24.3 Å². The minimum atomic E-state index is -4.40. The number of nitrogens with zero attached hydrogens (tertiary/aromatic N) is 5. The Kier molecular flexibility index (Phi) is 5.18. The predicted octanol–water partition coefficient (Wildman–Crippen LogP) is 4.39. The van der Waals surface area contributed by atoms with Crippen LogP contribution in [-0.4, -0.2) is 37.2 Å². The van der Waals surface area contributed by atoms with Gasteiger partial charge in [0.1, 0.15) is 5.69 Å². The van der Waals surface area contributed by atoms with E-state index >= 15 is 0 Å². The average Bonchev–Trinajstić information content (AvgIpc) is 3.16. The number of halogens is 3. The maximum atomic E-state index is 12.9. The van der Waals surface area contributed by atoms with Gasteiger partial charge in [0.2, 0.25) is 0 Å². The normalized spacial score (nSPS) is 11.6. The first-order valence-electron chi connectivity index (χ1n) is 9.41. The molecule has 6 nitrogen and oxygen atoms in total. The molecule has 0 unspecified atom stereocenters. The molecule has 4 rings (SSSR count). The number of aryl methyl sites for hydroxylation is 1. The molecule has 0 bridgehead atoms. The molecule has 3 aromatic heterocycles. The summed E-state index contributed by atoms with van der Waals surface area (Å²) >= 11 is 0. The van der Waals surface area contributed by atoms with Crippen LogP contribution < -0.4 is 0 Å². The van der Waals surface area contributed by atoms with Crippen LogP contribution in [-0.2, 0) is 12.7 Å². The van der Waals surface area contributed by atoms with E-state index in [0.717, 1.165) is 23.5 Å². The molecule has 0 aliphatic heterocycles. The first-order chi connectivity index (χ1) is 14.7. The molecule has 3 heterocycles. The Morgan fingerprint density at radius 1 is 1.06 bits per heavy atom. The van der Waals surface area contributed by atoms with E-state index < -0.39 is 11.7 Å². The number of carbonyl (C=O) groups is 1. The molecule has 9 heteroatoms. The molecule has 0 saturated heterocycles. The lowest BCUT2D eigenvalue weighted by molar-refractivity contribution is -0.137. The molecule has 0 N–H and O–H groups in total. The largest absolute Gasteiger partial charge is 0.416 e. The topological polar surface area (TPSA) is 63.4 Å². The molecule has 0 fully saturated rings. The summed E-state index contributed by atoms with van der Waals surface area (Å²) < 4.78 is 40.2. The first-order valence-corrected chi connectivity index (χ1v) is 9.41. The van der Waals surface area contributed by atoms with Crippen molar-refractivity contribution in [3.05, 3.63) is 83.7 Å². The molecule has 0 atom stereocenters. The molecule has 0 spiro atoms. The number of fused-ring (bicyclic) bond motifs is 1. The van der Waals surface area contributed by atoms with Crippen LogP contribution in [0.5, 0.6) is 0 Å². The van der Waals surface area contributed by atoms with Gasteiger partial charge in [0, 0.05) is 24.5 Å². The Morgan fingerprint density at radius 2 is 1.81 bits per heavy atom. The van der Waals surface area contributed by atoms with Crippen LogP contribution in [0.3, 0.4) is 0 Å². The van der Waals surface area contributed by atoms with Crippen molar-refractivity contribution in [3.63, 3.8) is 0 Å². The van der Waals surface area contributed by atoms with Crippen molar-refractivity contribution < 1.29 is 18.0 Å². The fourth-order valence-corrected chi connectivity index (χ4v) is 3.24. The molecule has 0 aliphatic carbocycles. The Bertz CT molecular complexity index is 1250. The van der Waals surface area contributed by atoms with Crippen molar-refractivity contribution in [2.45, 2.75) is 19.6 Å². The van der Waals surface area contributed by atoms with Crippen LogP contribution in [0.4, 0.5) is 13.2 Å². The predicted molar refractivity (Wildman–Crippen MR) is 108 cm³/mol. The Balaban J connectivity index is 1.62. The van der Waals surface area contributed by atoms with Gasteiger partial charge >= 0.3 is 6.18 Å².